The van der Waals surface area contributed by atoms with Gasteiger partial charge in [0.15, 0.2) is 0 Å². The Morgan fingerprint density at radius 2 is 1.92 bits per heavy atom. The van der Waals surface area contributed by atoms with Crippen molar-refractivity contribution in [1.82, 2.24) is 10.3 Å². The van der Waals surface area contributed by atoms with Gasteiger partial charge in [-0.1, -0.05) is 23.5 Å². The highest BCUT2D eigenvalue weighted by molar-refractivity contribution is 7.16. The van der Waals surface area contributed by atoms with E-state index in [1.54, 1.807) is 0 Å². The maximum absolute atomic E-state index is 11.5. The van der Waals surface area contributed by atoms with Crippen molar-refractivity contribution in [3.8, 4) is 0 Å². The number of aromatic amines is 1. The van der Waals surface area contributed by atoms with Crippen LogP contribution in [0.4, 0.5) is 0 Å². The third-order valence-corrected chi connectivity index (χ3v) is 5.74. The molecule has 138 valence electrons. The standard InChI is InChI=1S/C18H23BN2O4S/c1-11(22)20-10-13(19-24-17(2,3)18(4,5)25-19)8-12-6-7-14-15(9-12)26-16(23)21-14/h6-9H,10H2,1-5H3,(H,20,22)(H,21,23). The maximum atomic E-state index is 11.5. The summed E-state index contributed by atoms with van der Waals surface area (Å²) in [5, 5.41) is 2.82. The van der Waals surface area contributed by atoms with Gasteiger partial charge in [0.1, 0.15) is 0 Å². The summed E-state index contributed by atoms with van der Waals surface area (Å²) in [5.74, 6) is -0.119. The van der Waals surface area contributed by atoms with Crippen molar-refractivity contribution in [2.24, 2.45) is 0 Å². The minimum atomic E-state index is -0.549. The lowest BCUT2D eigenvalue weighted by Crippen LogP contribution is -2.41. The van der Waals surface area contributed by atoms with Crippen LogP contribution in [0, 0.1) is 0 Å². The van der Waals surface area contributed by atoms with Gasteiger partial charge in [-0.25, -0.2) is 0 Å². The summed E-state index contributed by atoms with van der Waals surface area (Å²) in [5.41, 5.74) is 1.63. The fourth-order valence-corrected chi connectivity index (χ4v) is 3.47. The fraction of sp³-hybridized carbons (Fsp3) is 0.444. The van der Waals surface area contributed by atoms with Gasteiger partial charge >= 0.3 is 12.0 Å². The Balaban J connectivity index is 1.95. The minimum Gasteiger partial charge on any atom is -0.400 e. The number of hydrogen-bond acceptors (Lipinski definition) is 5. The number of amides is 1. The predicted molar refractivity (Wildman–Crippen MR) is 105 cm³/mol. The van der Waals surface area contributed by atoms with Gasteiger partial charge in [-0.2, -0.15) is 0 Å². The van der Waals surface area contributed by atoms with Crippen LogP contribution in [0.3, 0.4) is 0 Å². The first-order valence-electron chi connectivity index (χ1n) is 8.51. The van der Waals surface area contributed by atoms with E-state index in [0.29, 0.717) is 6.54 Å². The van der Waals surface area contributed by atoms with E-state index in [1.807, 2.05) is 52.0 Å². The lowest BCUT2D eigenvalue weighted by Gasteiger charge is -2.32. The Kier molecular flexibility index (Phi) is 4.85. The van der Waals surface area contributed by atoms with Gasteiger partial charge in [0.2, 0.25) is 5.91 Å². The third kappa shape index (κ3) is 3.77. The number of H-pyrrole nitrogens is 1. The lowest BCUT2D eigenvalue weighted by atomic mass is 9.77. The van der Waals surface area contributed by atoms with Crippen molar-refractivity contribution in [3.05, 3.63) is 38.9 Å². The van der Waals surface area contributed by atoms with E-state index < -0.39 is 18.3 Å². The van der Waals surface area contributed by atoms with Crippen LogP contribution in [-0.2, 0) is 14.1 Å². The van der Waals surface area contributed by atoms with Crippen molar-refractivity contribution in [2.75, 3.05) is 6.54 Å². The van der Waals surface area contributed by atoms with Gasteiger partial charge in [0.05, 0.1) is 21.4 Å². The Morgan fingerprint density at radius 1 is 1.27 bits per heavy atom. The molecule has 0 saturated carbocycles. The molecule has 1 aliphatic heterocycles. The number of carbonyl (C=O) groups is 1. The smallest absolute Gasteiger partial charge is 0.400 e. The van der Waals surface area contributed by atoms with Crippen molar-refractivity contribution in [2.45, 2.75) is 45.8 Å². The van der Waals surface area contributed by atoms with E-state index in [0.717, 1.165) is 21.3 Å². The highest BCUT2D eigenvalue weighted by atomic mass is 32.1. The summed E-state index contributed by atoms with van der Waals surface area (Å²) in [6, 6.07) is 5.74. The average Bonchev–Trinajstić information content (AvgIpc) is 2.98. The number of hydrogen-bond donors (Lipinski definition) is 2. The second-order valence-corrected chi connectivity index (χ2v) is 8.50. The summed E-state index contributed by atoms with van der Waals surface area (Å²) in [7, 11) is -0.549. The van der Waals surface area contributed by atoms with Crippen LogP contribution in [0.1, 0.15) is 40.2 Å². The molecule has 0 spiro atoms. The second kappa shape index (κ2) is 6.68. The molecule has 0 bridgehead atoms. The van der Waals surface area contributed by atoms with Gasteiger partial charge in [0, 0.05) is 13.5 Å². The molecular formula is C18H23BN2O4S. The maximum Gasteiger partial charge on any atom is 0.492 e. The molecular weight excluding hydrogens is 351 g/mol. The van der Waals surface area contributed by atoms with E-state index in [1.165, 1.54) is 18.3 Å². The van der Waals surface area contributed by atoms with Crippen LogP contribution in [0.5, 0.6) is 0 Å². The zero-order valence-corrected chi connectivity index (χ0v) is 16.5. The SMILES string of the molecule is CC(=O)NCC(=Cc1ccc2[nH]c(=O)sc2c1)B1OC(C)(C)C(C)(C)O1. The number of rotatable bonds is 4. The van der Waals surface area contributed by atoms with Crippen LogP contribution >= 0.6 is 11.3 Å². The molecule has 1 aromatic carbocycles. The molecule has 0 atom stereocenters. The molecule has 0 aliphatic carbocycles. The highest BCUT2D eigenvalue weighted by Crippen LogP contribution is 2.38. The molecule has 6 nitrogen and oxygen atoms in total. The summed E-state index contributed by atoms with van der Waals surface area (Å²) < 4.78 is 13.1. The summed E-state index contributed by atoms with van der Waals surface area (Å²) in [6.07, 6.45) is 1.95. The molecule has 3 rings (SSSR count). The first-order valence-corrected chi connectivity index (χ1v) is 9.32. The Hall–Kier alpha value is -1.90. The number of fused-ring (bicyclic) bond motifs is 1. The normalized spacial score (nSPS) is 19.1. The van der Waals surface area contributed by atoms with Crippen LogP contribution in [0.2, 0.25) is 0 Å². The Bertz CT molecular complexity index is 913. The van der Waals surface area contributed by atoms with Crippen LogP contribution in [0.25, 0.3) is 16.3 Å². The Morgan fingerprint density at radius 3 is 2.54 bits per heavy atom. The van der Waals surface area contributed by atoms with Crippen molar-refractivity contribution in [3.63, 3.8) is 0 Å². The second-order valence-electron chi connectivity index (χ2n) is 7.49. The molecule has 2 aromatic rings. The largest absolute Gasteiger partial charge is 0.492 e. The van der Waals surface area contributed by atoms with Gasteiger partial charge in [-0.15, -0.1) is 0 Å². The quantitative estimate of drug-likeness (QED) is 0.807. The van der Waals surface area contributed by atoms with Crippen LogP contribution in [-0.4, -0.2) is 35.8 Å². The average molecular weight is 374 g/mol. The zero-order valence-electron chi connectivity index (χ0n) is 15.6. The molecule has 1 saturated heterocycles. The van der Waals surface area contributed by atoms with Gasteiger partial charge in [0.25, 0.3) is 0 Å². The molecule has 0 radical (unpaired) electrons. The number of carbonyl (C=O) groups excluding carboxylic acids is 1. The molecule has 1 amide bonds. The molecule has 1 aliphatic rings. The first-order chi connectivity index (χ1) is 12.1. The monoisotopic (exact) mass is 374 g/mol. The topological polar surface area (TPSA) is 80.4 Å². The van der Waals surface area contributed by atoms with Crippen molar-refractivity contribution in [1.29, 1.82) is 0 Å². The van der Waals surface area contributed by atoms with E-state index in [2.05, 4.69) is 10.3 Å². The van der Waals surface area contributed by atoms with Gasteiger partial charge in [-0.3, -0.25) is 9.59 Å². The minimum absolute atomic E-state index is 0.0782. The highest BCUT2D eigenvalue weighted by Gasteiger charge is 2.52. The van der Waals surface area contributed by atoms with Crippen molar-refractivity contribution < 1.29 is 14.1 Å². The molecule has 1 fully saturated rings. The zero-order chi connectivity index (χ0) is 19.1. The van der Waals surface area contributed by atoms with Gasteiger partial charge < -0.3 is 19.6 Å². The summed E-state index contributed by atoms with van der Waals surface area (Å²) >= 11 is 1.17. The fourth-order valence-electron chi connectivity index (χ4n) is 2.69. The first kappa shape index (κ1) is 18.9. The van der Waals surface area contributed by atoms with Crippen LogP contribution < -0.4 is 10.2 Å². The molecule has 26 heavy (non-hydrogen) atoms. The number of benzene rings is 1. The molecule has 8 heteroatoms. The van der Waals surface area contributed by atoms with E-state index in [9.17, 15) is 9.59 Å². The lowest BCUT2D eigenvalue weighted by molar-refractivity contribution is -0.118. The molecule has 0 unspecified atom stereocenters. The van der Waals surface area contributed by atoms with Crippen LogP contribution in [0.15, 0.2) is 28.5 Å². The molecule has 2 heterocycles. The molecule has 2 N–H and O–H groups in total. The van der Waals surface area contributed by atoms with Crippen molar-refractivity contribution >= 4 is 40.7 Å². The number of thiazole rings is 1. The summed E-state index contributed by atoms with van der Waals surface area (Å²) in [6.45, 7) is 9.77. The van der Waals surface area contributed by atoms with Gasteiger partial charge in [-0.05, 0) is 50.9 Å². The van der Waals surface area contributed by atoms with E-state index in [4.69, 9.17) is 9.31 Å². The third-order valence-electron chi connectivity index (χ3n) is 4.89. The Labute approximate surface area is 156 Å². The predicted octanol–water partition coefficient (Wildman–Crippen LogP) is 2.74. The van der Waals surface area contributed by atoms with E-state index in [-0.39, 0.29) is 10.8 Å². The number of nitrogens with one attached hydrogen (secondary N) is 2. The summed E-state index contributed by atoms with van der Waals surface area (Å²) in [4.78, 5) is 25.6. The van der Waals surface area contributed by atoms with E-state index >= 15 is 0 Å². The molecule has 1 aromatic heterocycles. The number of aromatic nitrogens is 1.